The Kier molecular flexibility index (Phi) is 6.57. The Bertz CT molecular complexity index is 993. The van der Waals surface area contributed by atoms with Crippen molar-refractivity contribution in [2.24, 2.45) is 5.92 Å². The Labute approximate surface area is 181 Å². The lowest BCUT2D eigenvalue weighted by atomic mass is 9.90. The van der Waals surface area contributed by atoms with Gasteiger partial charge < -0.3 is 9.15 Å². The molecule has 0 atom stereocenters. The third kappa shape index (κ3) is 5.46. The number of rotatable bonds is 8. The third-order valence-corrected chi connectivity index (χ3v) is 5.86. The lowest BCUT2D eigenvalue weighted by molar-refractivity contribution is -0.384. The molecule has 1 aliphatic rings. The quantitative estimate of drug-likeness (QED) is 0.390. The van der Waals surface area contributed by atoms with E-state index in [2.05, 4.69) is 27.2 Å². The van der Waals surface area contributed by atoms with Crippen LogP contribution in [0.1, 0.15) is 30.7 Å². The normalized spacial score (nSPS) is 15.1. The van der Waals surface area contributed by atoms with E-state index in [1.165, 1.54) is 37.0 Å². The number of hydrogen-bond donors (Lipinski definition) is 0. The summed E-state index contributed by atoms with van der Waals surface area (Å²) in [5.74, 6) is 2.59. The molecule has 2 heterocycles. The number of hydrogen-bond acceptors (Lipinski definition) is 7. The number of aromatic nitrogens is 2. The van der Waals surface area contributed by atoms with Crippen LogP contribution < -0.4 is 4.74 Å². The molecule has 0 unspecified atom stereocenters. The number of methoxy groups -OCH3 is 1. The van der Waals surface area contributed by atoms with Gasteiger partial charge in [-0.2, -0.15) is 0 Å². The molecule has 0 saturated carbocycles. The second-order valence-electron chi connectivity index (χ2n) is 7.91. The minimum atomic E-state index is -0.427. The van der Waals surface area contributed by atoms with Gasteiger partial charge in [-0.25, -0.2) is 0 Å². The minimum Gasteiger partial charge on any atom is -0.497 e. The molecule has 0 spiro atoms. The number of nitrogens with zero attached hydrogens (tertiary/aromatic N) is 4. The Morgan fingerprint density at radius 2 is 1.81 bits per heavy atom. The van der Waals surface area contributed by atoms with Crippen LogP contribution in [0.4, 0.5) is 5.69 Å². The zero-order valence-corrected chi connectivity index (χ0v) is 17.6. The minimum absolute atomic E-state index is 0.0401. The van der Waals surface area contributed by atoms with Crippen LogP contribution in [0.2, 0.25) is 0 Å². The molecule has 0 N–H and O–H groups in total. The number of likely N-dealkylation sites (tertiary alicyclic amines) is 1. The lowest BCUT2D eigenvalue weighted by Crippen LogP contribution is -2.33. The van der Waals surface area contributed by atoms with Gasteiger partial charge in [0.05, 0.1) is 18.6 Å². The van der Waals surface area contributed by atoms with E-state index < -0.39 is 4.92 Å². The molecule has 2 aromatic carbocycles. The van der Waals surface area contributed by atoms with Crippen molar-refractivity contribution in [3.63, 3.8) is 0 Å². The molecule has 1 saturated heterocycles. The first-order valence-corrected chi connectivity index (χ1v) is 10.5. The second kappa shape index (κ2) is 9.70. The maximum atomic E-state index is 10.8. The summed E-state index contributed by atoms with van der Waals surface area (Å²) >= 11 is 0. The number of ether oxygens (including phenoxy) is 1. The number of aryl methyl sites for hydroxylation is 1. The second-order valence-corrected chi connectivity index (χ2v) is 7.91. The van der Waals surface area contributed by atoms with Crippen molar-refractivity contribution in [3.05, 3.63) is 70.1 Å². The molecule has 4 rings (SSSR count). The van der Waals surface area contributed by atoms with Crippen molar-refractivity contribution < 1.29 is 14.1 Å². The standard InChI is InChI=1S/C23H26N4O4/c1-30-21-10-4-17(5-11-21)2-3-18-12-14-26(15-13-18)16-22-24-25-23(31-22)19-6-8-20(9-7-19)27(28)29/h4-11,18H,2-3,12-16H2,1H3. The SMILES string of the molecule is COc1ccc(CCC2CCN(Cc3nnc(-c4ccc([N+](=O)[O-])cc4)o3)CC2)cc1. The molecule has 1 fully saturated rings. The van der Waals surface area contributed by atoms with Gasteiger partial charge in [-0.3, -0.25) is 15.0 Å². The Hall–Kier alpha value is -3.26. The van der Waals surface area contributed by atoms with Crippen molar-refractivity contribution in [2.75, 3.05) is 20.2 Å². The summed E-state index contributed by atoms with van der Waals surface area (Å²) in [4.78, 5) is 12.7. The highest BCUT2D eigenvalue weighted by atomic mass is 16.6. The number of piperidine rings is 1. The van der Waals surface area contributed by atoms with Gasteiger partial charge in [0, 0.05) is 17.7 Å². The predicted molar refractivity (Wildman–Crippen MR) is 116 cm³/mol. The maximum Gasteiger partial charge on any atom is 0.269 e. The molecule has 3 aromatic rings. The molecular formula is C23H26N4O4. The van der Waals surface area contributed by atoms with Gasteiger partial charge in [-0.15, -0.1) is 10.2 Å². The summed E-state index contributed by atoms with van der Waals surface area (Å²) in [5, 5.41) is 19.0. The summed E-state index contributed by atoms with van der Waals surface area (Å²) in [6.07, 6.45) is 4.63. The van der Waals surface area contributed by atoms with Crippen molar-refractivity contribution in [3.8, 4) is 17.2 Å². The number of benzene rings is 2. The van der Waals surface area contributed by atoms with E-state index in [0.717, 1.165) is 31.2 Å². The number of non-ortho nitro benzene ring substituents is 1. The average Bonchev–Trinajstić information content (AvgIpc) is 3.27. The van der Waals surface area contributed by atoms with Crippen molar-refractivity contribution in [1.82, 2.24) is 15.1 Å². The van der Waals surface area contributed by atoms with E-state index >= 15 is 0 Å². The Balaban J connectivity index is 1.24. The zero-order valence-electron chi connectivity index (χ0n) is 17.6. The van der Waals surface area contributed by atoms with E-state index in [4.69, 9.17) is 9.15 Å². The highest BCUT2D eigenvalue weighted by Gasteiger charge is 2.21. The van der Waals surface area contributed by atoms with Crippen molar-refractivity contribution in [1.29, 1.82) is 0 Å². The lowest BCUT2D eigenvalue weighted by Gasteiger charge is -2.31. The topological polar surface area (TPSA) is 94.5 Å². The van der Waals surface area contributed by atoms with Gasteiger partial charge in [0.2, 0.25) is 11.8 Å². The molecule has 0 bridgehead atoms. The van der Waals surface area contributed by atoms with E-state index in [-0.39, 0.29) is 5.69 Å². The first-order chi connectivity index (χ1) is 15.1. The fourth-order valence-corrected chi connectivity index (χ4v) is 3.95. The van der Waals surface area contributed by atoms with Crippen LogP contribution in [0, 0.1) is 16.0 Å². The Morgan fingerprint density at radius 3 is 2.45 bits per heavy atom. The molecular weight excluding hydrogens is 396 g/mol. The first-order valence-electron chi connectivity index (χ1n) is 10.5. The predicted octanol–water partition coefficient (Wildman–Crippen LogP) is 4.50. The van der Waals surface area contributed by atoms with Gasteiger partial charge in [0.15, 0.2) is 0 Å². The summed E-state index contributed by atoms with van der Waals surface area (Å²) < 4.78 is 11.0. The zero-order chi connectivity index (χ0) is 21.6. The van der Waals surface area contributed by atoms with Crippen LogP contribution >= 0.6 is 0 Å². The van der Waals surface area contributed by atoms with E-state index in [1.54, 1.807) is 19.2 Å². The summed E-state index contributed by atoms with van der Waals surface area (Å²) in [7, 11) is 1.69. The van der Waals surface area contributed by atoms with Crippen molar-refractivity contribution >= 4 is 5.69 Å². The average molecular weight is 422 g/mol. The fourth-order valence-electron chi connectivity index (χ4n) is 3.95. The van der Waals surface area contributed by atoms with Crippen LogP contribution in [0.5, 0.6) is 5.75 Å². The van der Waals surface area contributed by atoms with Crippen LogP contribution in [0.15, 0.2) is 52.9 Å². The van der Waals surface area contributed by atoms with Crippen LogP contribution in [-0.2, 0) is 13.0 Å². The van der Waals surface area contributed by atoms with E-state index in [1.807, 2.05) is 12.1 Å². The summed E-state index contributed by atoms with van der Waals surface area (Å²) in [6, 6.07) is 14.5. The molecule has 0 radical (unpaired) electrons. The molecule has 1 aliphatic heterocycles. The molecule has 1 aromatic heterocycles. The van der Waals surface area contributed by atoms with Crippen LogP contribution in [-0.4, -0.2) is 40.2 Å². The third-order valence-electron chi connectivity index (χ3n) is 5.86. The number of nitro groups is 1. The van der Waals surface area contributed by atoms with E-state index in [9.17, 15) is 10.1 Å². The van der Waals surface area contributed by atoms with Gasteiger partial charge in [-0.1, -0.05) is 12.1 Å². The van der Waals surface area contributed by atoms with Gasteiger partial charge >= 0.3 is 0 Å². The van der Waals surface area contributed by atoms with Gasteiger partial charge in [-0.05, 0) is 74.5 Å². The molecule has 0 amide bonds. The largest absolute Gasteiger partial charge is 0.497 e. The highest BCUT2D eigenvalue weighted by Crippen LogP contribution is 2.25. The highest BCUT2D eigenvalue weighted by molar-refractivity contribution is 5.55. The molecule has 0 aliphatic carbocycles. The van der Waals surface area contributed by atoms with Crippen molar-refractivity contribution in [2.45, 2.75) is 32.2 Å². The number of nitro benzene ring substituents is 1. The summed E-state index contributed by atoms with van der Waals surface area (Å²) in [5.41, 5.74) is 2.08. The smallest absolute Gasteiger partial charge is 0.269 e. The monoisotopic (exact) mass is 422 g/mol. The van der Waals surface area contributed by atoms with Gasteiger partial charge in [0.25, 0.3) is 5.69 Å². The van der Waals surface area contributed by atoms with Gasteiger partial charge in [0.1, 0.15) is 5.75 Å². The maximum absolute atomic E-state index is 10.8. The molecule has 162 valence electrons. The molecule has 31 heavy (non-hydrogen) atoms. The molecule has 8 heteroatoms. The summed E-state index contributed by atoms with van der Waals surface area (Å²) in [6.45, 7) is 2.66. The van der Waals surface area contributed by atoms with Crippen LogP contribution in [0.3, 0.4) is 0 Å². The first kappa shape index (κ1) is 21.0. The molecule has 8 nitrogen and oxygen atoms in total. The van der Waals surface area contributed by atoms with Crippen LogP contribution in [0.25, 0.3) is 11.5 Å². The fraction of sp³-hybridized carbons (Fsp3) is 0.391. The Morgan fingerprint density at radius 1 is 1.10 bits per heavy atom. The van der Waals surface area contributed by atoms with E-state index in [0.29, 0.717) is 23.9 Å².